The van der Waals surface area contributed by atoms with Crippen molar-refractivity contribution < 1.29 is 4.42 Å². The Hall–Kier alpha value is -2.29. The van der Waals surface area contributed by atoms with Gasteiger partial charge in [-0.15, -0.1) is 24.0 Å². The lowest BCUT2D eigenvalue weighted by Gasteiger charge is -2.18. The fraction of sp³-hybridized carbons (Fsp3) is 0.391. The van der Waals surface area contributed by atoms with E-state index in [4.69, 9.17) is 9.41 Å². The molecule has 1 aromatic carbocycles. The van der Waals surface area contributed by atoms with Gasteiger partial charge in [0.2, 0.25) is 0 Å². The quantitative estimate of drug-likeness (QED) is 0.186. The Kier molecular flexibility index (Phi) is 9.93. The second-order valence-corrected chi connectivity index (χ2v) is 7.27. The fourth-order valence-electron chi connectivity index (χ4n) is 3.25. The molecule has 30 heavy (non-hydrogen) atoms. The van der Waals surface area contributed by atoms with E-state index in [0.29, 0.717) is 0 Å². The summed E-state index contributed by atoms with van der Waals surface area (Å²) in [6, 6.07) is 16.6. The van der Waals surface area contributed by atoms with Crippen LogP contribution in [-0.2, 0) is 13.0 Å². The van der Waals surface area contributed by atoms with Gasteiger partial charge >= 0.3 is 0 Å². The third-order valence-corrected chi connectivity index (χ3v) is 4.80. The first-order valence-electron chi connectivity index (χ1n) is 10.2. The van der Waals surface area contributed by atoms with E-state index in [0.717, 1.165) is 49.9 Å². The average Bonchev–Trinajstić information content (AvgIpc) is 3.34. The normalized spacial score (nSPS) is 12.3. The summed E-state index contributed by atoms with van der Waals surface area (Å²) in [4.78, 5) is 4.78. The van der Waals surface area contributed by atoms with Gasteiger partial charge in [0, 0.05) is 31.7 Å². The first kappa shape index (κ1) is 24.0. The maximum absolute atomic E-state index is 5.42. The fourth-order valence-corrected chi connectivity index (χ4v) is 3.25. The van der Waals surface area contributed by atoms with Crippen LogP contribution in [0.3, 0.4) is 0 Å². The summed E-state index contributed by atoms with van der Waals surface area (Å²) < 4.78 is 7.47. The molecule has 2 aromatic heterocycles. The van der Waals surface area contributed by atoms with Crippen LogP contribution in [0.5, 0.6) is 0 Å². The van der Waals surface area contributed by atoms with Crippen molar-refractivity contribution in [2.75, 3.05) is 13.1 Å². The van der Waals surface area contributed by atoms with Crippen molar-refractivity contribution >= 4 is 29.9 Å². The number of guanidine groups is 1. The molecule has 7 heteroatoms. The number of aliphatic imine (C=N–C) groups is 1. The van der Waals surface area contributed by atoms with E-state index >= 15 is 0 Å². The summed E-state index contributed by atoms with van der Waals surface area (Å²) in [6.45, 7) is 8.63. The summed E-state index contributed by atoms with van der Waals surface area (Å²) in [5, 5.41) is 11.5. The molecule has 1 unspecified atom stereocenters. The Labute approximate surface area is 196 Å². The van der Waals surface area contributed by atoms with Gasteiger partial charge in [0.1, 0.15) is 5.76 Å². The molecule has 0 saturated carbocycles. The number of aromatic nitrogens is 2. The summed E-state index contributed by atoms with van der Waals surface area (Å²) >= 11 is 0. The van der Waals surface area contributed by atoms with E-state index in [1.54, 1.807) is 6.26 Å². The molecule has 0 aliphatic carbocycles. The van der Waals surface area contributed by atoms with Gasteiger partial charge in [0.25, 0.3) is 0 Å². The molecule has 0 radical (unpaired) electrons. The predicted octanol–water partition coefficient (Wildman–Crippen LogP) is 4.64. The highest BCUT2D eigenvalue weighted by Gasteiger charge is 2.08. The molecule has 6 nitrogen and oxygen atoms in total. The lowest BCUT2D eigenvalue weighted by molar-refractivity contribution is 0.506. The number of rotatable bonds is 9. The molecule has 2 heterocycles. The molecule has 3 rings (SSSR count). The molecule has 0 aliphatic rings. The third-order valence-electron chi connectivity index (χ3n) is 4.80. The summed E-state index contributed by atoms with van der Waals surface area (Å²) in [7, 11) is 0. The molecule has 0 fully saturated rings. The number of nitrogens with one attached hydrogen (secondary N) is 2. The van der Waals surface area contributed by atoms with Crippen LogP contribution < -0.4 is 10.6 Å². The molecule has 0 amide bonds. The van der Waals surface area contributed by atoms with E-state index in [1.165, 1.54) is 11.3 Å². The van der Waals surface area contributed by atoms with Crippen LogP contribution in [0.2, 0.25) is 0 Å². The second-order valence-electron chi connectivity index (χ2n) is 7.27. The summed E-state index contributed by atoms with van der Waals surface area (Å²) in [5.74, 6) is 1.79. The van der Waals surface area contributed by atoms with Crippen molar-refractivity contribution in [1.82, 2.24) is 20.4 Å². The van der Waals surface area contributed by atoms with Crippen LogP contribution in [0.1, 0.15) is 42.1 Å². The molecule has 162 valence electrons. The molecule has 0 aliphatic heterocycles. The number of hydrogen-bond donors (Lipinski definition) is 2. The molecule has 1 atom stereocenters. The van der Waals surface area contributed by atoms with Gasteiger partial charge in [0.15, 0.2) is 5.96 Å². The maximum atomic E-state index is 5.42. The van der Waals surface area contributed by atoms with Crippen molar-refractivity contribution in [3.8, 4) is 0 Å². The number of hydrogen-bond acceptors (Lipinski definition) is 3. The van der Waals surface area contributed by atoms with Crippen molar-refractivity contribution in [2.24, 2.45) is 4.99 Å². The Balaban J connectivity index is 0.00000320. The first-order chi connectivity index (χ1) is 14.1. The number of furan rings is 1. The smallest absolute Gasteiger partial charge is 0.191 e. The van der Waals surface area contributed by atoms with Crippen molar-refractivity contribution in [2.45, 2.75) is 46.2 Å². The molecule has 0 spiro atoms. The average molecular weight is 521 g/mol. The molecular weight excluding hydrogens is 489 g/mol. The van der Waals surface area contributed by atoms with E-state index in [2.05, 4.69) is 64.6 Å². The van der Waals surface area contributed by atoms with Crippen LogP contribution in [-0.4, -0.2) is 28.8 Å². The lowest BCUT2D eigenvalue weighted by atomic mass is 10.1. The molecule has 0 saturated heterocycles. The SMILES string of the molecule is Cc1cc(C)n(CCCN=C(NCCc2ccco2)NC(C)c2ccccc2)n1.I. The van der Waals surface area contributed by atoms with E-state index in [9.17, 15) is 0 Å². The molecule has 2 N–H and O–H groups in total. The minimum absolute atomic E-state index is 0. The molecular formula is C23H32IN5O. The highest BCUT2D eigenvalue weighted by Crippen LogP contribution is 2.11. The highest BCUT2D eigenvalue weighted by molar-refractivity contribution is 14.0. The van der Waals surface area contributed by atoms with Crippen molar-refractivity contribution in [3.05, 3.63) is 77.5 Å². The van der Waals surface area contributed by atoms with Gasteiger partial charge < -0.3 is 15.1 Å². The number of benzene rings is 1. The van der Waals surface area contributed by atoms with E-state index in [-0.39, 0.29) is 30.0 Å². The topological polar surface area (TPSA) is 67.4 Å². The van der Waals surface area contributed by atoms with Crippen molar-refractivity contribution in [1.29, 1.82) is 0 Å². The largest absolute Gasteiger partial charge is 0.469 e. The molecule has 3 aromatic rings. The predicted molar refractivity (Wildman–Crippen MR) is 132 cm³/mol. The highest BCUT2D eigenvalue weighted by atomic mass is 127. The Bertz CT molecular complexity index is 890. The zero-order valence-electron chi connectivity index (χ0n) is 18.0. The minimum atomic E-state index is 0. The van der Waals surface area contributed by atoms with Crippen LogP contribution >= 0.6 is 24.0 Å². The standard InChI is InChI=1S/C23H31N5O.HI/c1-18-17-19(2)28(27-18)15-8-13-24-23(25-14-12-22-11-7-16-29-22)26-20(3)21-9-5-4-6-10-21;/h4-7,9-11,16-17,20H,8,12-15H2,1-3H3,(H2,24,25,26);1H. The number of nitrogens with zero attached hydrogens (tertiary/aromatic N) is 3. The zero-order valence-corrected chi connectivity index (χ0v) is 20.3. The van der Waals surface area contributed by atoms with Gasteiger partial charge in [-0.25, -0.2) is 0 Å². The second kappa shape index (κ2) is 12.4. The monoisotopic (exact) mass is 521 g/mol. The van der Waals surface area contributed by atoms with Gasteiger partial charge in [-0.3, -0.25) is 9.67 Å². The Morgan fingerprint density at radius 1 is 1.17 bits per heavy atom. The van der Waals surface area contributed by atoms with Gasteiger partial charge in [-0.1, -0.05) is 30.3 Å². The number of halogens is 1. The third kappa shape index (κ3) is 7.51. The van der Waals surface area contributed by atoms with Crippen LogP contribution in [0.15, 0.2) is 64.2 Å². The lowest BCUT2D eigenvalue weighted by Crippen LogP contribution is -2.40. The minimum Gasteiger partial charge on any atom is -0.469 e. The number of aryl methyl sites for hydroxylation is 3. The zero-order chi connectivity index (χ0) is 20.5. The summed E-state index contributed by atoms with van der Waals surface area (Å²) in [5.41, 5.74) is 3.49. The van der Waals surface area contributed by atoms with Gasteiger partial charge in [-0.05, 0) is 51.0 Å². The molecule has 0 bridgehead atoms. The Morgan fingerprint density at radius 2 is 1.97 bits per heavy atom. The maximum Gasteiger partial charge on any atom is 0.191 e. The van der Waals surface area contributed by atoms with Crippen LogP contribution in [0.4, 0.5) is 0 Å². The van der Waals surface area contributed by atoms with Gasteiger partial charge in [0.05, 0.1) is 18.0 Å². The van der Waals surface area contributed by atoms with Gasteiger partial charge in [-0.2, -0.15) is 5.10 Å². The summed E-state index contributed by atoms with van der Waals surface area (Å²) in [6.07, 6.45) is 3.46. The van der Waals surface area contributed by atoms with Crippen molar-refractivity contribution in [3.63, 3.8) is 0 Å². The first-order valence-corrected chi connectivity index (χ1v) is 10.2. The van der Waals surface area contributed by atoms with E-state index < -0.39 is 0 Å². The van der Waals surface area contributed by atoms with Crippen LogP contribution in [0, 0.1) is 13.8 Å². The van der Waals surface area contributed by atoms with E-state index in [1.807, 2.05) is 25.1 Å². The van der Waals surface area contributed by atoms with Crippen LogP contribution in [0.25, 0.3) is 0 Å². The Morgan fingerprint density at radius 3 is 2.63 bits per heavy atom.